The molecule has 6 nitrogen and oxygen atoms in total. The maximum Gasteiger partial charge on any atom is 0.324 e. The highest BCUT2D eigenvalue weighted by Crippen LogP contribution is 2.24. The Hall–Kier alpha value is -2.85. The minimum absolute atomic E-state index is 0.285. The van der Waals surface area contributed by atoms with Crippen molar-refractivity contribution in [1.29, 1.82) is 5.26 Å². The molecular formula is C16H14N2O4S. The predicted octanol–water partition coefficient (Wildman–Crippen LogP) is 2.08. The second kappa shape index (κ2) is 6.50. The van der Waals surface area contributed by atoms with Gasteiger partial charge in [-0.3, -0.25) is 9.10 Å². The molecule has 0 aromatic heterocycles. The van der Waals surface area contributed by atoms with Crippen LogP contribution in [0.5, 0.6) is 0 Å². The van der Waals surface area contributed by atoms with Gasteiger partial charge in [0.2, 0.25) is 10.0 Å². The van der Waals surface area contributed by atoms with Crippen molar-refractivity contribution in [3.05, 3.63) is 54.1 Å². The molecule has 0 radical (unpaired) electrons. The highest BCUT2D eigenvalue weighted by Gasteiger charge is 2.20. The van der Waals surface area contributed by atoms with Crippen LogP contribution in [-0.4, -0.2) is 32.3 Å². The van der Waals surface area contributed by atoms with Gasteiger partial charge in [0, 0.05) is 0 Å². The molecule has 0 fully saturated rings. The summed E-state index contributed by atoms with van der Waals surface area (Å²) in [4.78, 5) is 10.8. The van der Waals surface area contributed by atoms with Crippen LogP contribution in [0.3, 0.4) is 0 Å². The van der Waals surface area contributed by atoms with Crippen molar-refractivity contribution < 1.29 is 18.3 Å². The van der Waals surface area contributed by atoms with Crippen molar-refractivity contribution in [2.45, 2.75) is 0 Å². The van der Waals surface area contributed by atoms with Crippen LogP contribution >= 0.6 is 0 Å². The zero-order valence-electron chi connectivity index (χ0n) is 12.3. The van der Waals surface area contributed by atoms with Crippen LogP contribution in [0, 0.1) is 11.3 Å². The smallest absolute Gasteiger partial charge is 0.324 e. The normalized spacial score (nSPS) is 10.8. The number of sulfonamides is 1. The monoisotopic (exact) mass is 330 g/mol. The third kappa shape index (κ3) is 4.08. The van der Waals surface area contributed by atoms with E-state index < -0.39 is 22.5 Å². The number of nitrogens with zero attached hydrogens (tertiary/aromatic N) is 2. The summed E-state index contributed by atoms with van der Waals surface area (Å²) in [6.45, 7) is -0.630. The first-order valence-electron chi connectivity index (χ1n) is 6.61. The molecule has 23 heavy (non-hydrogen) atoms. The Balaban J connectivity index is 2.33. The third-order valence-electron chi connectivity index (χ3n) is 3.18. The van der Waals surface area contributed by atoms with Gasteiger partial charge in [-0.2, -0.15) is 5.26 Å². The van der Waals surface area contributed by atoms with E-state index in [2.05, 4.69) is 0 Å². The van der Waals surface area contributed by atoms with Crippen molar-refractivity contribution in [1.82, 2.24) is 0 Å². The van der Waals surface area contributed by atoms with E-state index in [1.807, 2.05) is 6.07 Å². The maximum absolute atomic E-state index is 11.7. The Labute approximate surface area is 134 Å². The summed E-state index contributed by atoms with van der Waals surface area (Å²) >= 11 is 0. The predicted molar refractivity (Wildman–Crippen MR) is 86.4 cm³/mol. The lowest BCUT2D eigenvalue weighted by atomic mass is 10.0. The van der Waals surface area contributed by atoms with E-state index in [0.29, 0.717) is 5.56 Å². The summed E-state index contributed by atoms with van der Waals surface area (Å²) in [6.07, 6.45) is 0.963. The highest BCUT2D eigenvalue weighted by molar-refractivity contribution is 7.92. The first-order chi connectivity index (χ1) is 10.8. The van der Waals surface area contributed by atoms with Crippen molar-refractivity contribution in [2.75, 3.05) is 17.1 Å². The Kier molecular flexibility index (Phi) is 4.67. The fourth-order valence-corrected chi connectivity index (χ4v) is 2.93. The lowest BCUT2D eigenvalue weighted by Gasteiger charge is -2.20. The molecule has 0 aliphatic rings. The van der Waals surface area contributed by atoms with Gasteiger partial charge < -0.3 is 5.11 Å². The molecular weight excluding hydrogens is 316 g/mol. The molecule has 0 atom stereocenters. The molecule has 0 saturated heterocycles. The zero-order chi connectivity index (χ0) is 17.0. The molecule has 0 heterocycles. The number of carbonyl (C=O) groups is 1. The van der Waals surface area contributed by atoms with Gasteiger partial charge in [-0.05, 0) is 35.4 Å². The number of anilines is 1. The van der Waals surface area contributed by atoms with Crippen LogP contribution in [0.1, 0.15) is 5.56 Å². The van der Waals surface area contributed by atoms with Crippen LogP contribution in [0.15, 0.2) is 48.5 Å². The van der Waals surface area contributed by atoms with Crippen LogP contribution in [0.2, 0.25) is 0 Å². The van der Waals surface area contributed by atoms with Crippen molar-refractivity contribution in [2.24, 2.45) is 0 Å². The van der Waals surface area contributed by atoms with E-state index in [1.54, 1.807) is 48.5 Å². The number of hydrogen-bond donors (Lipinski definition) is 1. The quantitative estimate of drug-likeness (QED) is 0.905. The lowest BCUT2D eigenvalue weighted by molar-refractivity contribution is -0.135. The van der Waals surface area contributed by atoms with E-state index in [-0.39, 0.29) is 5.69 Å². The average Bonchev–Trinajstić information content (AvgIpc) is 2.52. The Morgan fingerprint density at radius 2 is 1.57 bits per heavy atom. The van der Waals surface area contributed by atoms with E-state index in [1.165, 1.54) is 0 Å². The summed E-state index contributed by atoms with van der Waals surface area (Å²) in [6, 6.07) is 15.5. The van der Waals surface area contributed by atoms with Gasteiger partial charge in [0.05, 0.1) is 23.6 Å². The zero-order valence-corrected chi connectivity index (χ0v) is 13.1. The van der Waals surface area contributed by atoms with E-state index in [9.17, 15) is 13.2 Å². The molecule has 2 rings (SSSR count). The molecule has 0 amide bonds. The van der Waals surface area contributed by atoms with Crippen molar-refractivity contribution in [3.8, 4) is 17.2 Å². The Morgan fingerprint density at radius 1 is 1.09 bits per heavy atom. The van der Waals surface area contributed by atoms with Gasteiger partial charge in [0.15, 0.2) is 0 Å². The fourth-order valence-electron chi connectivity index (χ4n) is 2.08. The highest BCUT2D eigenvalue weighted by atomic mass is 32.2. The number of carboxylic acids is 1. The summed E-state index contributed by atoms with van der Waals surface area (Å²) in [5, 5.41) is 17.6. The number of rotatable bonds is 5. The molecule has 2 aromatic rings. The van der Waals surface area contributed by atoms with Crippen LogP contribution < -0.4 is 4.31 Å². The lowest BCUT2D eigenvalue weighted by Crippen LogP contribution is -2.34. The van der Waals surface area contributed by atoms with Crippen LogP contribution in [0.25, 0.3) is 11.1 Å². The number of hydrogen-bond acceptors (Lipinski definition) is 4. The third-order valence-corrected chi connectivity index (χ3v) is 4.32. The molecule has 7 heteroatoms. The fraction of sp³-hybridized carbons (Fsp3) is 0.125. The number of benzene rings is 2. The molecule has 118 valence electrons. The molecule has 0 spiro atoms. The van der Waals surface area contributed by atoms with Crippen molar-refractivity contribution in [3.63, 3.8) is 0 Å². The minimum Gasteiger partial charge on any atom is -0.480 e. The second-order valence-electron chi connectivity index (χ2n) is 4.90. The second-order valence-corrected chi connectivity index (χ2v) is 6.81. The van der Waals surface area contributed by atoms with Gasteiger partial charge >= 0.3 is 5.97 Å². The number of aliphatic carboxylic acids is 1. The van der Waals surface area contributed by atoms with Crippen molar-refractivity contribution >= 4 is 21.7 Å². The minimum atomic E-state index is -3.68. The van der Waals surface area contributed by atoms with Gasteiger partial charge in [-0.15, -0.1) is 0 Å². The molecule has 0 aliphatic heterocycles. The molecule has 1 N–H and O–H groups in total. The SMILES string of the molecule is CS(=O)(=O)N(CC(=O)O)c1ccc(-c2ccc(C#N)cc2)cc1. The van der Waals surface area contributed by atoms with E-state index >= 15 is 0 Å². The standard InChI is InChI=1S/C16H14N2O4S/c1-23(21,22)18(11-16(19)20)15-8-6-14(7-9-15)13-4-2-12(10-17)3-5-13/h2-9H,11H2,1H3,(H,19,20). The topological polar surface area (TPSA) is 98.5 Å². The Bertz CT molecular complexity index is 850. The molecule has 0 saturated carbocycles. The number of nitriles is 1. The summed E-state index contributed by atoms with van der Waals surface area (Å²) in [5.74, 6) is -1.23. The first kappa shape index (κ1) is 16.5. The van der Waals surface area contributed by atoms with Gasteiger partial charge in [0.25, 0.3) is 0 Å². The van der Waals surface area contributed by atoms with Crippen LogP contribution in [0.4, 0.5) is 5.69 Å². The molecule has 0 unspecified atom stereocenters. The van der Waals surface area contributed by atoms with E-state index in [0.717, 1.165) is 21.7 Å². The first-order valence-corrected chi connectivity index (χ1v) is 8.46. The summed E-state index contributed by atoms with van der Waals surface area (Å²) < 4.78 is 24.3. The largest absolute Gasteiger partial charge is 0.480 e. The maximum atomic E-state index is 11.7. The summed E-state index contributed by atoms with van der Waals surface area (Å²) in [7, 11) is -3.68. The molecule has 2 aromatic carbocycles. The van der Waals surface area contributed by atoms with Gasteiger partial charge in [0.1, 0.15) is 6.54 Å². The molecule has 0 bridgehead atoms. The number of carboxylic acid groups (broad SMARTS) is 1. The van der Waals surface area contributed by atoms with Crippen LogP contribution in [-0.2, 0) is 14.8 Å². The van der Waals surface area contributed by atoms with E-state index in [4.69, 9.17) is 10.4 Å². The molecule has 0 aliphatic carbocycles. The van der Waals surface area contributed by atoms with Gasteiger partial charge in [-0.25, -0.2) is 8.42 Å². The average molecular weight is 330 g/mol. The van der Waals surface area contributed by atoms with Gasteiger partial charge in [-0.1, -0.05) is 24.3 Å². The summed E-state index contributed by atoms with van der Waals surface area (Å²) in [5.41, 5.74) is 2.55. The Morgan fingerprint density at radius 3 is 1.96 bits per heavy atom.